The minimum Gasteiger partial charge on any atom is -0.461 e. The average molecular weight is 487 g/mol. The van der Waals surface area contributed by atoms with Crippen LogP contribution in [0.4, 0.5) is 0 Å². The van der Waals surface area contributed by atoms with Crippen LogP contribution in [0.15, 0.2) is 11.6 Å². The largest absolute Gasteiger partial charge is 0.461 e. The van der Waals surface area contributed by atoms with Gasteiger partial charge in [0.25, 0.3) is 0 Å². The number of aliphatic hydroxyl groups excluding tert-OH is 3. The SMILES string of the molecule is CC1(C)CC2C3=CCC4[C@]5(C)C(CC[C@@]4(C)[C@]3(C)C[C@@H](O)C23CC1OC3=O)C(C)(C)[C@@H](O)C[C@H]5O. The maximum Gasteiger partial charge on any atom is 0.315 e. The third-order valence-corrected chi connectivity index (χ3v) is 13.6. The molecule has 1 aliphatic heterocycles. The summed E-state index contributed by atoms with van der Waals surface area (Å²) in [6.07, 6.45) is 5.93. The molecule has 3 N–H and O–H groups in total. The Morgan fingerprint density at radius 1 is 0.886 bits per heavy atom. The van der Waals surface area contributed by atoms with E-state index in [2.05, 4.69) is 54.5 Å². The van der Waals surface area contributed by atoms with Gasteiger partial charge in [-0.25, -0.2) is 0 Å². The zero-order chi connectivity index (χ0) is 25.6. The van der Waals surface area contributed by atoms with Crippen molar-refractivity contribution in [3.05, 3.63) is 11.6 Å². The van der Waals surface area contributed by atoms with Gasteiger partial charge in [0.05, 0.1) is 18.3 Å². The van der Waals surface area contributed by atoms with Crippen molar-refractivity contribution in [1.82, 2.24) is 0 Å². The summed E-state index contributed by atoms with van der Waals surface area (Å²) in [6, 6.07) is 0. The quantitative estimate of drug-likeness (QED) is 0.343. The maximum atomic E-state index is 13.4. The molecule has 5 nitrogen and oxygen atoms in total. The Balaban J connectivity index is 1.49. The predicted molar refractivity (Wildman–Crippen MR) is 133 cm³/mol. The Bertz CT molecular complexity index is 999. The lowest BCUT2D eigenvalue weighted by Gasteiger charge is -2.72. The highest BCUT2D eigenvalue weighted by Gasteiger charge is 2.75. The van der Waals surface area contributed by atoms with Crippen molar-refractivity contribution in [2.24, 2.45) is 50.2 Å². The summed E-state index contributed by atoms with van der Waals surface area (Å²) >= 11 is 0. The Morgan fingerprint density at radius 3 is 2.26 bits per heavy atom. The van der Waals surface area contributed by atoms with E-state index in [1.54, 1.807) is 0 Å². The molecule has 6 aliphatic rings. The van der Waals surface area contributed by atoms with Gasteiger partial charge < -0.3 is 20.1 Å². The van der Waals surface area contributed by atoms with Gasteiger partial charge in [0.1, 0.15) is 11.5 Å². The second kappa shape index (κ2) is 6.74. The molecule has 1 saturated heterocycles. The van der Waals surface area contributed by atoms with Crippen molar-refractivity contribution in [3.63, 3.8) is 0 Å². The van der Waals surface area contributed by atoms with Crippen molar-refractivity contribution < 1.29 is 24.9 Å². The number of aliphatic hydroxyl groups is 3. The van der Waals surface area contributed by atoms with Gasteiger partial charge in [-0.2, -0.15) is 0 Å². The number of carbonyl (C=O) groups is 1. The molecule has 5 aliphatic carbocycles. The first-order valence-corrected chi connectivity index (χ1v) is 14.0. The highest BCUT2D eigenvalue weighted by Crippen LogP contribution is 2.76. The van der Waals surface area contributed by atoms with Gasteiger partial charge >= 0.3 is 5.97 Å². The van der Waals surface area contributed by atoms with Gasteiger partial charge in [0.15, 0.2) is 0 Å². The van der Waals surface area contributed by atoms with E-state index < -0.39 is 23.7 Å². The number of ether oxygens (including phenoxy) is 1. The van der Waals surface area contributed by atoms with Crippen LogP contribution in [-0.2, 0) is 9.53 Å². The van der Waals surface area contributed by atoms with E-state index in [9.17, 15) is 20.1 Å². The minimum atomic E-state index is -0.799. The molecular weight excluding hydrogens is 440 g/mol. The fourth-order valence-electron chi connectivity index (χ4n) is 11.0. The lowest BCUT2D eigenvalue weighted by atomic mass is 9.33. The fraction of sp³-hybridized carbons (Fsp3) is 0.900. The fourth-order valence-corrected chi connectivity index (χ4v) is 11.0. The van der Waals surface area contributed by atoms with Crippen LogP contribution in [0.1, 0.15) is 93.4 Å². The van der Waals surface area contributed by atoms with Crippen LogP contribution in [0.2, 0.25) is 0 Å². The van der Waals surface area contributed by atoms with Gasteiger partial charge in [-0.3, -0.25) is 4.79 Å². The van der Waals surface area contributed by atoms with Crippen LogP contribution in [-0.4, -0.2) is 45.7 Å². The molecule has 5 unspecified atom stereocenters. The molecule has 5 heteroatoms. The standard InChI is InChI=1S/C30H46O5/c1-25(2)13-17-16-8-9-19-27(5,11-10-18-26(3,4)20(31)12-21(32)29(18,19)7)28(16,6)14-22(33)30(17)15-23(25)35-24(30)34/h8,17-23,31-33H,9-15H2,1-7H3/t17?,18?,19?,20-,21+,22+,23?,27+,28+,29-,30?/m0/s1. The molecule has 1 heterocycles. The highest BCUT2D eigenvalue weighted by molar-refractivity contribution is 5.82. The lowest BCUT2D eigenvalue weighted by Crippen LogP contribution is -2.69. The molecule has 11 atom stereocenters. The average Bonchev–Trinajstić information content (AvgIpc) is 3.06. The summed E-state index contributed by atoms with van der Waals surface area (Å²) in [6.45, 7) is 15.8. The zero-order valence-corrected chi connectivity index (χ0v) is 22.7. The number of rotatable bonds is 0. The molecule has 1 spiro atoms. The summed E-state index contributed by atoms with van der Waals surface area (Å²) < 4.78 is 5.93. The van der Waals surface area contributed by atoms with E-state index in [-0.39, 0.29) is 56.9 Å². The minimum absolute atomic E-state index is 0.00958. The van der Waals surface area contributed by atoms with Crippen LogP contribution in [0.5, 0.6) is 0 Å². The van der Waals surface area contributed by atoms with Crippen molar-refractivity contribution in [1.29, 1.82) is 0 Å². The van der Waals surface area contributed by atoms with Crippen LogP contribution >= 0.6 is 0 Å². The molecule has 35 heavy (non-hydrogen) atoms. The van der Waals surface area contributed by atoms with Gasteiger partial charge in [-0.15, -0.1) is 0 Å². The van der Waals surface area contributed by atoms with E-state index in [1.807, 2.05) is 0 Å². The van der Waals surface area contributed by atoms with Gasteiger partial charge in [0.2, 0.25) is 0 Å². The van der Waals surface area contributed by atoms with Crippen molar-refractivity contribution in [3.8, 4) is 0 Å². The summed E-state index contributed by atoms with van der Waals surface area (Å²) in [4.78, 5) is 13.4. The van der Waals surface area contributed by atoms with Gasteiger partial charge in [0, 0.05) is 23.7 Å². The molecule has 0 amide bonds. The Hall–Kier alpha value is -0.910. The van der Waals surface area contributed by atoms with E-state index >= 15 is 0 Å². The second-order valence-corrected chi connectivity index (χ2v) is 15.3. The third-order valence-electron chi connectivity index (χ3n) is 13.6. The monoisotopic (exact) mass is 486 g/mol. The van der Waals surface area contributed by atoms with Crippen molar-refractivity contribution in [2.75, 3.05) is 0 Å². The van der Waals surface area contributed by atoms with Crippen LogP contribution in [0.25, 0.3) is 0 Å². The van der Waals surface area contributed by atoms with Gasteiger partial charge in [-0.1, -0.05) is 60.1 Å². The van der Waals surface area contributed by atoms with Crippen LogP contribution in [0, 0.1) is 50.2 Å². The molecule has 0 aromatic heterocycles. The molecule has 5 fully saturated rings. The zero-order valence-electron chi connectivity index (χ0n) is 22.7. The molecule has 0 aromatic rings. The summed E-state index contributed by atoms with van der Waals surface area (Å²) in [5, 5.41) is 34.2. The van der Waals surface area contributed by atoms with Crippen molar-refractivity contribution >= 4 is 5.97 Å². The summed E-state index contributed by atoms with van der Waals surface area (Å²) in [5.74, 6) is 0.320. The van der Waals surface area contributed by atoms with Crippen LogP contribution in [0.3, 0.4) is 0 Å². The first kappa shape index (κ1) is 24.4. The number of allylic oxidation sites excluding steroid dienone is 2. The summed E-state index contributed by atoms with van der Waals surface area (Å²) in [7, 11) is 0. The Kier molecular flexibility index (Phi) is 4.71. The van der Waals surface area contributed by atoms with E-state index in [0.717, 1.165) is 25.7 Å². The lowest BCUT2D eigenvalue weighted by molar-refractivity contribution is -0.247. The Morgan fingerprint density at radius 2 is 1.57 bits per heavy atom. The number of fused-ring (bicyclic) bond motifs is 7. The molecule has 2 bridgehead atoms. The molecule has 0 radical (unpaired) electrons. The smallest absolute Gasteiger partial charge is 0.315 e. The predicted octanol–water partition coefficient (Wildman–Crippen LogP) is 4.63. The number of hydrogen-bond acceptors (Lipinski definition) is 5. The summed E-state index contributed by atoms with van der Waals surface area (Å²) in [5.41, 5.74) is -0.430. The number of esters is 1. The van der Waals surface area contributed by atoms with E-state index in [0.29, 0.717) is 19.3 Å². The molecular formula is C30H46O5. The number of hydrogen-bond donors (Lipinski definition) is 3. The first-order valence-electron chi connectivity index (χ1n) is 14.0. The highest BCUT2D eigenvalue weighted by atomic mass is 16.6. The topological polar surface area (TPSA) is 87.0 Å². The van der Waals surface area contributed by atoms with E-state index in [4.69, 9.17) is 4.74 Å². The molecule has 196 valence electrons. The van der Waals surface area contributed by atoms with Crippen molar-refractivity contribution in [2.45, 2.75) is 118 Å². The maximum absolute atomic E-state index is 13.4. The first-order chi connectivity index (χ1) is 16.1. The molecule has 6 rings (SSSR count). The second-order valence-electron chi connectivity index (χ2n) is 15.3. The molecule has 4 saturated carbocycles. The normalized spacial score (nSPS) is 57.7. The Labute approximate surface area is 210 Å². The number of carbonyl (C=O) groups excluding carboxylic acids is 1. The van der Waals surface area contributed by atoms with Crippen LogP contribution < -0.4 is 0 Å². The third kappa shape index (κ3) is 2.55. The molecule has 0 aromatic carbocycles. The van der Waals surface area contributed by atoms with E-state index in [1.165, 1.54) is 5.57 Å². The van der Waals surface area contributed by atoms with Gasteiger partial charge in [-0.05, 0) is 66.1 Å².